The Labute approximate surface area is 635 Å². The van der Waals surface area contributed by atoms with Gasteiger partial charge < -0.3 is 34.2 Å². The maximum atomic E-state index is 13.0. The molecule has 5 atom stereocenters. The molecule has 0 aromatic heterocycles. The quantitative estimate of drug-likeness (QED) is 0.0146. The molecule has 5 unspecified atom stereocenters. The molecule has 0 aliphatic carbocycles. The number of carbonyl (C=O) groups is 3. The second-order valence-electron chi connectivity index (χ2n) is 25.4. The Kier molecular flexibility index (Phi) is 73.4. The fraction of sp³-hybridized carbons (Fsp3) is 0.575. The largest absolute Gasteiger partial charge is 0.472 e. The first-order valence-electron chi connectivity index (χ1n) is 39.4. The van der Waals surface area contributed by atoms with E-state index < -0.39 is 91.5 Å². The summed E-state index contributed by atoms with van der Waals surface area (Å²) in [4.78, 5) is 58.7. The van der Waals surface area contributed by atoms with Crippen molar-refractivity contribution in [3.8, 4) is 0 Å². The van der Waals surface area contributed by atoms with Crippen LogP contribution in [0.4, 0.5) is 0 Å². The van der Waals surface area contributed by atoms with Gasteiger partial charge in [-0.25, -0.2) is 9.13 Å². The fourth-order valence-corrected chi connectivity index (χ4v) is 11.2. The minimum absolute atomic E-state index is 0.0500. The Hall–Kier alpha value is -5.87. The van der Waals surface area contributed by atoms with Crippen LogP contribution in [0, 0.1) is 0 Å². The Morgan fingerprint density at radius 2 is 0.476 bits per heavy atom. The molecule has 0 aliphatic heterocycles. The first-order valence-corrected chi connectivity index (χ1v) is 42.4. The third kappa shape index (κ3) is 79.0. The highest BCUT2D eigenvalue weighted by Crippen LogP contribution is 2.45. The Balaban J connectivity index is 4.73. The van der Waals surface area contributed by atoms with Crippen LogP contribution in [0.1, 0.15) is 265 Å². The number of aliphatic hydroxyl groups is 2. The van der Waals surface area contributed by atoms with Crippen LogP contribution in [-0.2, 0) is 55.8 Å². The summed E-state index contributed by atoms with van der Waals surface area (Å²) in [7, 11) is -9.84. The molecule has 0 aromatic rings. The first kappa shape index (κ1) is 99.1. The molecule has 0 spiro atoms. The molecule has 0 amide bonds. The van der Waals surface area contributed by atoms with Gasteiger partial charge in [0.1, 0.15) is 25.4 Å². The first-order chi connectivity index (χ1) is 51.2. The van der Waals surface area contributed by atoms with Gasteiger partial charge in [0.2, 0.25) is 0 Å². The maximum Gasteiger partial charge on any atom is 0.472 e. The maximum absolute atomic E-state index is 13.0. The van der Waals surface area contributed by atoms with E-state index >= 15 is 0 Å². The summed E-state index contributed by atoms with van der Waals surface area (Å²) in [5, 5.41) is 20.6. The number of hydrogen-bond donors (Lipinski definition) is 4. The third-order valence-electron chi connectivity index (χ3n) is 15.5. The molecule has 16 nitrogen and oxygen atoms in total. The molecule has 0 radical (unpaired) electrons. The molecule has 0 aromatic carbocycles. The van der Waals surface area contributed by atoms with Gasteiger partial charge in [-0.2, -0.15) is 0 Å². The van der Waals surface area contributed by atoms with Crippen molar-refractivity contribution in [2.45, 2.75) is 283 Å². The van der Waals surface area contributed by atoms with Gasteiger partial charge in [-0.05, 0) is 167 Å². The number of ether oxygens (including phenoxy) is 3. The number of phosphoric ester groups is 2. The summed E-state index contributed by atoms with van der Waals surface area (Å²) in [6, 6.07) is 0. The predicted molar refractivity (Wildman–Crippen MR) is 435 cm³/mol. The van der Waals surface area contributed by atoms with Crippen LogP contribution in [0.25, 0.3) is 0 Å². The third-order valence-corrected chi connectivity index (χ3v) is 17.4. The SMILES string of the molecule is CC/C=C\C/C=C\C/C=C\C/C=C\C/C=C\C/C=C\CCCCCCCCCCC(=O)OCC(O)COP(=O)(O)OCC(O)COP(=O)(O)OCC(COC(=O)CCCCCC/C=C\C/C=C\C/C=C\C/C=C\C/C=C\C/C=C\CC)OC(=O)CCCCC/C=C\C/C=C\C/C=C\C/C=C\C/C=C\CC. The predicted octanol–water partition coefficient (Wildman–Crippen LogP) is 23.3. The van der Waals surface area contributed by atoms with Gasteiger partial charge in [0.15, 0.2) is 6.10 Å². The van der Waals surface area contributed by atoms with Crippen molar-refractivity contribution in [3.05, 3.63) is 207 Å². The molecular weight excluding hydrogens is 1360 g/mol. The van der Waals surface area contributed by atoms with E-state index in [4.69, 9.17) is 32.3 Å². The Morgan fingerprint density at radius 3 is 0.762 bits per heavy atom. The molecule has 0 saturated heterocycles. The van der Waals surface area contributed by atoms with E-state index in [1.54, 1.807) is 0 Å². The number of unbranched alkanes of at least 4 members (excludes halogenated alkanes) is 15. The normalized spacial score (nSPS) is 15.1. The van der Waals surface area contributed by atoms with Gasteiger partial charge in [0.25, 0.3) is 0 Å². The van der Waals surface area contributed by atoms with Gasteiger partial charge >= 0.3 is 33.6 Å². The lowest BCUT2D eigenvalue weighted by atomic mass is 10.1. The van der Waals surface area contributed by atoms with E-state index in [1.807, 2.05) is 0 Å². The zero-order valence-electron chi connectivity index (χ0n) is 64.6. The Morgan fingerprint density at radius 1 is 0.267 bits per heavy atom. The van der Waals surface area contributed by atoms with Crippen LogP contribution in [0.3, 0.4) is 0 Å². The van der Waals surface area contributed by atoms with E-state index in [0.717, 1.165) is 186 Å². The summed E-state index contributed by atoms with van der Waals surface area (Å²) >= 11 is 0. The molecule has 0 bridgehead atoms. The van der Waals surface area contributed by atoms with E-state index in [-0.39, 0.29) is 19.3 Å². The van der Waals surface area contributed by atoms with Crippen LogP contribution in [0.5, 0.6) is 0 Å². The standard InChI is InChI=1S/C87H138O16P2/c1-4-7-10-13-16-19-22-25-28-31-34-36-38-39-40-41-43-45-47-49-52-55-58-61-64-67-70-73-85(90)97-76-82(88)77-99-104(93,94)100-78-83(89)79-101-105(95,96)102-81-84(103-87(92)75-72-69-66-63-60-57-54-51-46-33-30-27-24-21-18-15-12-9-6-3)80-98-86(91)74-71-68-65-62-59-56-53-50-48-44-42-37-35-32-29-26-23-20-17-14-11-8-5-2/h7-12,16-21,25-30,34-37,39-40,43-46,48,51,53,56-57,60,82-84,88-89H,4-6,13-15,22-24,31-33,38,41-42,47,49-50,52,54-55,58-59,61-81H2,1-3H3,(H,93,94)(H,95,96)/b10-7-,11-8-,12-9-,19-16-,20-17-,21-18-,28-25-,29-26-,30-27-,36-34-,37-35-,40-39-,45-43-,48-44-,51-46-,56-53-,60-57-. The lowest BCUT2D eigenvalue weighted by Crippen LogP contribution is -2.30. The van der Waals surface area contributed by atoms with Gasteiger partial charge in [-0.3, -0.25) is 32.5 Å². The molecule has 0 aliphatic rings. The van der Waals surface area contributed by atoms with Crippen LogP contribution in [0.2, 0.25) is 0 Å². The summed E-state index contributed by atoms with van der Waals surface area (Å²) in [6.07, 6.45) is 103. The molecule has 4 N–H and O–H groups in total. The average Bonchev–Trinajstić information content (AvgIpc) is 0.941. The number of aliphatic hydroxyl groups excluding tert-OH is 2. The smallest absolute Gasteiger partial charge is 0.463 e. The van der Waals surface area contributed by atoms with Crippen LogP contribution in [0.15, 0.2) is 207 Å². The minimum atomic E-state index is -4.96. The number of allylic oxidation sites excluding steroid dienone is 34. The van der Waals surface area contributed by atoms with E-state index in [9.17, 15) is 43.5 Å². The summed E-state index contributed by atoms with van der Waals surface area (Å²) in [5.41, 5.74) is 0. The molecule has 0 fully saturated rings. The van der Waals surface area contributed by atoms with Gasteiger partial charge in [-0.15, -0.1) is 0 Å². The van der Waals surface area contributed by atoms with Crippen molar-refractivity contribution in [3.63, 3.8) is 0 Å². The van der Waals surface area contributed by atoms with Crippen LogP contribution < -0.4 is 0 Å². The van der Waals surface area contributed by atoms with Crippen LogP contribution in [-0.4, -0.2) is 95.9 Å². The fourth-order valence-electron chi connectivity index (χ4n) is 9.60. The highest BCUT2D eigenvalue weighted by Gasteiger charge is 2.29. The van der Waals surface area contributed by atoms with Crippen molar-refractivity contribution in [2.75, 3.05) is 39.6 Å². The van der Waals surface area contributed by atoms with Gasteiger partial charge in [-0.1, -0.05) is 285 Å². The second kappa shape index (κ2) is 77.7. The average molecular weight is 1500 g/mol. The van der Waals surface area contributed by atoms with E-state index in [0.29, 0.717) is 19.3 Å². The number of hydrogen-bond acceptors (Lipinski definition) is 14. The van der Waals surface area contributed by atoms with E-state index in [1.165, 1.54) is 19.3 Å². The Bertz CT molecular complexity index is 2740. The number of esters is 3. The summed E-state index contributed by atoms with van der Waals surface area (Å²) < 4.78 is 61.1. The van der Waals surface area contributed by atoms with Crippen molar-refractivity contribution < 1.29 is 75.8 Å². The number of phosphoric acid groups is 2. The van der Waals surface area contributed by atoms with Crippen molar-refractivity contribution in [2.24, 2.45) is 0 Å². The van der Waals surface area contributed by atoms with E-state index in [2.05, 4.69) is 227 Å². The van der Waals surface area contributed by atoms with Crippen LogP contribution >= 0.6 is 15.6 Å². The van der Waals surface area contributed by atoms with Gasteiger partial charge in [0, 0.05) is 19.3 Å². The zero-order valence-corrected chi connectivity index (χ0v) is 66.3. The van der Waals surface area contributed by atoms with Crippen molar-refractivity contribution >= 4 is 33.6 Å². The number of rotatable bonds is 72. The molecule has 592 valence electrons. The van der Waals surface area contributed by atoms with Crippen molar-refractivity contribution in [1.29, 1.82) is 0 Å². The number of carbonyl (C=O) groups excluding carboxylic acids is 3. The monoisotopic (exact) mass is 1500 g/mol. The second-order valence-corrected chi connectivity index (χ2v) is 28.3. The molecular formula is C87H138O16P2. The topological polar surface area (TPSA) is 231 Å². The van der Waals surface area contributed by atoms with Gasteiger partial charge in [0.05, 0.1) is 26.4 Å². The highest BCUT2D eigenvalue weighted by atomic mass is 31.2. The van der Waals surface area contributed by atoms with Crippen molar-refractivity contribution in [1.82, 2.24) is 0 Å². The lowest BCUT2D eigenvalue weighted by Gasteiger charge is -2.21. The molecule has 0 rings (SSSR count). The molecule has 0 saturated carbocycles. The molecule has 0 heterocycles. The molecule has 18 heteroatoms. The minimum Gasteiger partial charge on any atom is -0.463 e. The summed E-state index contributed by atoms with van der Waals surface area (Å²) in [6.45, 7) is 2.23. The highest BCUT2D eigenvalue weighted by molar-refractivity contribution is 7.47. The summed E-state index contributed by atoms with van der Waals surface area (Å²) in [5.74, 6) is -1.67. The lowest BCUT2D eigenvalue weighted by molar-refractivity contribution is -0.161. The zero-order chi connectivity index (χ0) is 76.6. The molecule has 105 heavy (non-hydrogen) atoms.